The largest absolute Gasteiger partial charge is 0.350 e. The molecule has 0 aromatic heterocycles. The lowest BCUT2D eigenvalue weighted by atomic mass is 9.95. The number of rotatable bonds is 6. The van der Waals surface area contributed by atoms with Crippen molar-refractivity contribution in [3.8, 4) is 0 Å². The summed E-state index contributed by atoms with van der Waals surface area (Å²) >= 11 is 0. The molecule has 1 rings (SSSR count). The van der Waals surface area contributed by atoms with Crippen LogP contribution in [0.4, 0.5) is 0 Å². The fourth-order valence-electron chi connectivity index (χ4n) is 2.14. The highest BCUT2D eigenvalue weighted by molar-refractivity contribution is 5.76. The fourth-order valence-corrected chi connectivity index (χ4v) is 2.14. The molecule has 0 aliphatic carbocycles. The van der Waals surface area contributed by atoms with E-state index < -0.39 is 0 Å². The summed E-state index contributed by atoms with van der Waals surface area (Å²) in [7, 11) is 0. The first-order chi connectivity index (χ1) is 8.49. The molecule has 1 radical (unpaired) electrons. The zero-order chi connectivity index (χ0) is 13.5. The lowest BCUT2D eigenvalue weighted by molar-refractivity contribution is -0.122. The molecule has 0 fully saturated rings. The van der Waals surface area contributed by atoms with E-state index in [1.165, 1.54) is 0 Å². The molecule has 2 heteroatoms. The van der Waals surface area contributed by atoms with Crippen LogP contribution in [0.15, 0.2) is 30.3 Å². The van der Waals surface area contributed by atoms with Crippen molar-refractivity contribution in [1.82, 2.24) is 5.32 Å². The van der Waals surface area contributed by atoms with Gasteiger partial charge in [0.1, 0.15) is 0 Å². The third kappa shape index (κ3) is 5.35. The first-order valence-corrected chi connectivity index (χ1v) is 6.66. The summed E-state index contributed by atoms with van der Waals surface area (Å²) in [4.78, 5) is 11.9. The summed E-state index contributed by atoms with van der Waals surface area (Å²) in [6.45, 7) is 10.4. The van der Waals surface area contributed by atoms with Crippen LogP contribution in [0, 0.1) is 18.8 Å². The normalized spacial score (nSPS) is 14.3. The van der Waals surface area contributed by atoms with Crippen LogP contribution in [0.5, 0.6) is 0 Å². The van der Waals surface area contributed by atoms with E-state index in [0.29, 0.717) is 12.3 Å². The average molecular weight is 246 g/mol. The lowest BCUT2D eigenvalue weighted by Crippen LogP contribution is -2.28. The Balaban J connectivity index is 2.41. The van der Waals surface area contributed by atoms with E-state index in [1.54, 1.807) is 0 Å². The van der Waals surface area contributed by atoms with Gasteiger partial charge in [-0.25, -0.2) is 0 Å². The number of hydrogen-bond donors (Lipinski definition) is 1. The van der Waals surface area contributed by atoms with Gasteiger partial charge in [0, 0.05) is 6.42 Å². The van der Waals surface area contributed by atoms with E-state index in [1.807, 2.05) is 37.3 Å². The number of hydrogen-bond acceptors (Lipinski definition) is 1. The molecule has 2 atom stereocenters. The molecule has 1 aromatic carbocycles. The summed E-state index contributed by atoms with van der Waals surface area (Å²) < 4.78 is 0. The zero-order valence-electron chi connectivity index (χ0n) is 11.6. The van der Waals surface area contributed by atoms with E-state index in [2.05, 4.69) is 26.1 Å². The van der Waals surface area contributed by atoms with Crippen LogP contribution in [0.2, 0.25) is 0 Å². The van der Waals surface area contributed by atoms with Crippen LogP contribution in [0.1, 0.15) is 45.2 Å². The van der Waals surface area contributed by atoms with Crippen molar-refractivity contribution in [2.24, 2.45) is 11.8 Å². The first kappa shape index (κ1) is 14.7. The van der Waals surface area contributed by atoms with Crippen LogP contribution < -0.4 is 5.32 Å². The third-order valence-electron chi connectivity index (χ3n) is 2.96. The highest BCUT2D eigenvalue weighted by Crippen LogP contribution is 2.16. The first-order valence-electron chi connectivity index (χ1n) is 6.66. The van der Waals surface area contributed by atoms with Gasteiger partial charge in [0.25, 0.3) is 0 Å². The van der Waals surface area contributed by atoms with E-state index in [9.17, 15) is 4.79 Å². The molecule has 0 spiro atoms. The summed E-state index contributed by atoms with van der Waals surface area (Å²) in [6, 6.07) is 10.1. The van der Waals surface area contributed by atoms with Crippen molar-refractivity contribution in [3.05, 3.63) is 42.8 Å². The van der Waals surface area contributed by atoms with Gasteiger partial charge in [-0.15, -0.1) is 0 Å². The van der Waals surface area contributed by atoms with Gasteiger partial charge in [-0.2, -0.15) is 0 Å². The Morgan fingerprint density at radius 3 is 2.39 bits per heavy atom. The quantitative estimate of drug-likeness (QED) is 0.813. The molecule has 1 N–H and O–H groups in total. The van der Waals surface area contributed by atoms with Gasteiger partial charge in [-0.3, -0.25) is 4.79 Å². The van der Waals surface area contributed by atoms with Crippen LogP contribution in [-0.4, -0.2) is 5.91 Å². The Kier molecular flexibility index (Phi) is 5.90. The monoisotopic (exact) mass is 246 g/mol. The molecule has 0 aliphatic rings. The minimum absolute atomic E-state index is 0.0601. The molecule has 0 saturated carbocycles. The number of benzene rings is 1. The van der Waals surface area contributed by atoms with E-state index in [-0.39, 0.29) is 17.9 Å². The van der Waals surface area contributed by atoms with Crippen LogP contribution >= 0.6 is 0 Å². The molecule has 1 amide bonds. The lowest BCUT2D eigenvalue weighted by Gasteiger charge is -2.17. The SMILES string of the molecule is [CH2][C@H](CC(=O)N[C@@H](C)c1ccccc1)CC(C)C. The molecule has 99 valence electrons. The van der Waals surface area contributed by atoms with Gasteiger partial charge in [0.2, 0.25) is 5.91 Å². The molecule has 0 bridgehead atoms. The van der Waals surface area contributed by atoms with Crippen LogP contribution in [0.25, 0.3) is 0 Å². The number of nitrogens with one attached hydrogen (secondary N) is 1. The maximum absolute atomic E-state index is 11.9. The molecule has 1 aromatic rings. The zero-order valence-corrected chi connectivity index (χ0v) is 11.6. The van der Waals surface area contributed by atoms with Gasteiger partial charge in [-0.1, -0.05) is 44.2 Å². The summed E-state index contributed by atoms with van der Waals surface area (Å²) in [5.74, 6) is 0.881. The second-order valence-electron chi connectivity index (χ2n) is 5.40. The van der Waals surface area contributed by atoms with E-state index in [4.69, 9.17) is 0 Å². The second kappa shape index (κ2) is 7.20. The third-order valence-corrected chi connectivity index (χ3v) is 2.96. The van der Waals surface area contributed by atoms with Gasteiger partial charge in [-0.05, 0) is 37.7 Å². The van der Waals surface area contributed by atoms with Crippen LogP contribution in [0.3, 0.4) is 0 Å². The predicted molar refractivity (Wildman–Crippen MR) is 75.9 cm³/mol. The standard InChI is InChI=1S/C16H24NO/c1-12(2)10-13(3)11-16(18)17-14(4)15-8-6-5-7-9-15/h5-9,12-14H,3,10-11H2,1-2,4H3,(H,17,18)/t13-,14-/m0/s1. The van der Waals surface area contributed by atoms with Crippen molar-refractivity contribution < 1.29 is 4.79 Å². The molecular weight excluding hydrogens is 222 g/mol. The molecule has 18 heavy (non-hydrogen) atoms. The minimum atomic E-state index is 0.0601. The maximum Gasteiger partial charge on any atom is 0.220 e. The molecule has 0 aliphatic heterocycles. The maximum atomic E-state index is 11.9. The summed E-state index contributed by atoms with van der Waals surface area (Å²) in [5, 5.41) is 3.02. The Morgan fingerprint density at radius 2 is 1.83 bits per heavy atom. The molecular formula is C16H24NO. The second-order valence-corrected chi connectivity index (χ2v) is 5.40. The fraction of sp³-hybridized carbons (Fsp3) is 0.500. The van der Waals surface area contributed by atoms with Gasteiger partial charge < -0.3 is 5.32 Å². The topological polar surface area (TPSA) is 29.1 Å². The predicted octanol–water partition coefficient (Wildman–Crippen LogP) is 3.75. The highest BCUT2D eigenvalue weighted by Gasteiger charge is 2.13. The molecule has 0 saturated heterocycles. The Bertz CT molecular complexity index is 359. The average Bonchev–Trinajstić information content (AvgIpc) is 2.28. The Hall–Kier alpha value is -1.31. The van der Waals surface area contributed by atoms with Crippen molar-refractivity contribution in [2.45, 2.75) is 39.7 Å². The van der Waals surface area contributed by atoms with Crippen molar-refractivity contribution in [1.29, 1.82) is 0 Å². The van der Waals surface area contributed by atoms with Crippen molar-refractivity contribution >= 4 is 5.91 Å². The minimum Gasteiger partial charge on any atom is -0.350 e. The van der Waals surface area contributed by atoms with Gasteiger partial charge in [0.15, 0.2) is 0 Å². The summed E-state index contributed by atoms with van der Waals surface area (Å²) in [6.07, 6.45) is 1.50. The smallest absolute Gasteiger partial charge is 0.220 e. The molecule has 2 nitrogen and oxygen atoms in total. The van der Waals surface area contributed by atoms with E-state index >= 15 is 0 Å². The summed E-state index contributed by atoms with van der Waals surface area (Å²) in [5.41, 5.74) is 1.13. The van der Waals surface area contributed by atoms with Gasteiger partial charge in [0.05, 0.1) is 6.04 Å². The van der Waals surface area contributed by atoms with E-state index in [0.717, 1.165) is 12.0 Å². The van der Waals surface area contributed by atoms with Crippen molar-refractivity contribution in [3.63, 3.8) is 0 Å². The van der Waals surface area contributed by atoms with Gasteiger partial charge >= 0.3 is 0 Å². The van der Waals surface area contributed by atoms with Crippen LogP contribution in [-0.2, 0) is 4.79 Å². The molecule has 0 heterocycles. The number of carbonyl (C=O) groups is 1. The number of carbonyl (C=O) groups excluding carboxylic acids is 1. The Morgan fingerprint density at radius 1 is 1.22 bits per heavy atom. The highest BCUT2D eigenvalue weighted by atomic mass is 16.1. The molecule has 0 unspecified atom stereocenters. The Labute approximate surface area is 111 Å². The number of amides is 1. The van der Waals surface area contributed by atoms with Crippen molar-refractivity contribution in [2.75, 3.05) is 0 Å².